The lowest BCUT2D eigenvalue weighted by atomic mass is 10.1. The second-order valence-electron chi connectivity index (χ2n) is 4.28. The average Bonchev–Trinajstić information content (AvgIpc) is 2.47. The Balaban J connectivity index is 2.46. The zero-order valence-electron chi connectivity index (χ0n) is 11.4. The molecule has 0 fully saturated rings. The molecule has 0 amide bonds. The van der Waals surface area contributed by atoms with Crippen molar-refractivity contribution in [3.63, 3.8) is 0 Å². The number of hydrogen-bond acceptors (Lipinski definition) is 6. The normalized spacial score (nSPS) is 9.90. The second-order valence-corrected chi connectivity index (χ2v) is 4.28. The van der Waals surface area contributed by atoms with Crippen LogP contribution in [0.15, 0.2) is 24.5 Å². The third-order valence-corrected chi connectivity index (χ3v) is 3.07. The van der Waals surface area contributed by atoms with Gasteiger partial charge in [0.25, 0.3) is 0 Å². The smallest absolute Gasteiger partial charge is 0.148 e. The molecule has 0 aliphatic rings. The van der Waals surface area contributed by atoms with Crippen LogP contribution in [0.4, 0.5) is 17.3 Å². The number of nitrogen functional groups attached to an aromatic ring is 1. The van der Waals surface area contributed by atoms with Crippen molar-refractivity contribution < 1.29 is 0 Å². The number of benzene rings is 1. The monoisotopic (exact) mass is 268 g/mol. The average molecular weight is 268 g/mol. The fourth-order valence-corrected chi connectivity index (χ4v) is 2.03. The van der Waals surface area contributed by atoms with E-state index in [0.717, 1.165) is 23.2 Å². The highest BCUT2D eigenvalue weighted by molar-refractivity contribution is 5.70. The van der Waals surface area contributed by atoms with Gasteiger partial charge in [0.15, 0.2) is 0 Å². The first-order valence-electron chi connectivity index (χ1n) is 6.28. The molecular weight excluding hydrogens is 252 g/mol. The molecule has 0 atom stereocenters. The van der Waals surface area contributed by atoms with Crippen molar-refractivity contribution in [1.29, 1.82) is 5.26 Å². The first-order valence-corrected chi connectivity index (χ1v) is 6.28. The Bertz CT molecular complexity index is 659. The summed E-state index contributed by atoms with van der Waals surface area (Å²) in [5, 5.41) is 12.4. The number of rotatable bonds is 4. The number of hydrogen-bond donors (Lipinski definition) is 3. The maximum absolute atomic E-state index is 9.25. The fourth-order valence-electron chi connectivity index (χ4n) is 2.03. The molecule has 0 saturated carbocycles. The Labute approximate surface area is 117 Å². The summed E-state index contributed by atoms with van der Waals surface area (Å²) in [7, 11) is 0. The van der Waals surface area contributed by atoms with Crippen LogP contribution in [0.1, 0.15) is 23.6 Å². The molecule has 2 rings (SSSR count). The van der Waals surface area contributed by atoms with Crippen LogP contribution in [0.2, 0.25) is 0 Å². The molecule has 1 heterocycles. The molecule has 6 heteroatoms. The van der Waals surface area contributed by atoms with Crippen LogP contribution in [0.3, 0.4) is 0 Å². The first-order chi connectivity index (χ1) is 9.71. The minimum atomic E-state index is 0.580. The summed E-state index contributed by atoms with van der Waals surface area (Å²) in [6.07, 6.45) is 2.15. The Hall–Kier alpha value is -2.65. The van der Waals surface area contributed by atoms with Crippen molar-refractivity contribution in [2.24, 2.45) is 5.84 Å². The molecule has 2 aromatic rings. The third kappa shape index (κ3) is 2.53. The van der Waals surface area contributed by atoms with Crippen LogP contribution in [-0.2, 0) is 6.42 Å². The molecule has 1 aromatic carbocycles. The van der Waals surface area contributed by atoms with E-state index in [2.05, 4.69) is 26.8 Å². The van der Waals surface area contributed by atoms with Crippen molar-refractivity contribution in [2.45, 2.75) is 20.3 Å². The summed E-state index contributed by atoms with van der Waals surface area (Å²) in [5.41, 5.74) is 5.68. The SMILES string of the molecule is CCc1c(NN)ncnc1Nc1cccc(C)c1C#N. The van der Waals surface area contributed by atoms with Crippen LogP contribution in [0.5, 0.6) is 0 Å². The predicted molar refractivity (Wildman–Crippen MR) is 78.4 cm³/mol. The van der Waals surface area contributed by atoms with Crippen molar-refractivity contribution in [1.82, 2.24) is 9.97 Å². The molecular formula is C14H16N6. The molecule has 1 aromatic heterocycles. The summed E-state index contributed by atoms with van der Waals surface area (Å²) in [4.78, 5) is 8.31. The van der Waals surface area contributed by atoms with E-state index in [4.69, 9.17) is 5.84 Å². The standard InChI is InChI=1S/C14H16N6/c1-3-10-13(17-8-18-14(10)20-16)19-12-6-4-5-9(2)11(12)7-15/h4-6,8H,3,16H2,1-2H3,(H2,17,18,19,20). The molecule has 20 heavy (non-hydrogen) atoms. The van der Waals surface area contributed by atoms with Crippen molar-refractivity contribution in [3.05, 3.63) is 41.2 Å². The number of anilines is 3. The van der Waals surface area contributed by atoms with Crippen LogP contribution >= 0.6 is 0 Å². The van der Waals surface area contributed by atoms with E-state index in [1.807, 2.05) is 32.0 Å². The van der Waals surface area contributed by atoms with Gasteiger partial charge in [0, 0.05) is 5.56 Å². The van der Waals surface area contributed by atoms with Gasteiger partial charge >= 0.3 is 0 Å². The van der Waals surface area contributed by atoms with Gasteiger partial charge in [-0.15, -0.1) is 0 Å². The van der Waals surface area contributed by atoms with Gasteiger partial charge in [0.2, 0.25) is 0 Å². The molecule has 0 aliphatic carbocycles. The van der Waals surface area contributed by atoms with Crippen molar-refractivity contribution in [3.8, 4) is 6.07 Å². The van der Waals surface area contributed by atoms with E-state index in [0.29, 0.717) is 17.2 Å². The van der Waals surface area contributed by atoms with Gasteiger partial charge in [-0.25, -0.2) is 15.8 Å². The van der Waals surface area contributed by atoms with Crippen LogP contribution in [-0.4, -0.2) is 9.97 Å². The molecule has 0 spiro atoms. The summed E-state index contributed by atoms with van der Waals surface area (Å²) >= 11 is 0. The fraction of sp³-hybridized carbons (Fsp3) is 0.214. The van der Waals surface area contributed by atoms with Crippen LogP contribution in [0.25, 0.3) is 0 Å². The zero-order chi connectivity index (χ0) is 14.5. The Morgan fingerprint density at radius 3 is 2.70 bits per heavy atom. The number of nitrogens with two attached hydrogens (primary N) is 1. The third-order valence-electron chi connectivity index (χ3n) is 3.07. The molecule has 4 N–H and O–H groups in total. The molecule has 0 saturated heterocycles. The maximum Gasteiger partial charge on any atom is 0.148 e. The summed E-state index contributed by atoms with van der Waals surface area (Å²) in [6, 6.07) is 7.85. The second kappa shape index (κ2) is 5.99. The highest BCUT2D eigenvalue weighted by atomic mass is 15.3. The van der Waals surface area contributed by atoms with Crippen LogP contribution < -0.4 is 16.6 Å². The molecule has 0 aliphatic heterocycles. The lowest BCUT2D eigenvalue weighted by Crippen LogP contribution is -2.13. The Morgan fingerprint density at radius 1 is 1.30 bits per heavy atom. The summed E-state index contributed by atoms with van der Waals surface area (Å²) in [5.74, 6) is 6.68. The van der Waals surface area contributed by atoms with Gasteiger partial charge in [-0.1, -0.05) is 19.1 Å². The zero-order valence-corrected chi connectivity index (χ0v) is 11.4. The highest BCUT2D eigenvalue weighted by Crippen LogP contribution is 2.26. The van der Waals surface area contributed by atoms with Gasteiger partial charge in [0.1, 0.15) is 24.0 Å². The molecule has 6 nitrogen and oxygen atoms in total. The van der Waals surface area contributed by atoms with Gasteiger partial charge in [-0.2, -0.15) is 5.26 Å². The number of nitrogens with one attached hydrogen (secondary N) is 2. The molecule has 0 bridgehead atoms. The van der Waals surface area contributed by atoms with E-state index in [1.165, 1.54) is 6.33 Å². The number of nitrogens with zero attached hydrogens (tertiary/aromatic N) is 3. The quantitative estimate of drug-likeness (QED) is 0.581. The van der Waals surface area contributed by atoms with Gasteiger partial charge in [0.05, 0.1) is 11.3 Å². The number of aryl methyl sites for hydroxylation is 1. The van der Waals surface area contributed by atoms with Crippen molar-refractivity contribution >= 4 is 17.3 Å². The predicted octanol–water partition coefficient (Wildman–Crippen LogP) is 2.25. The topological polar surface area (TPSA) is 99.7 Å². The largest absolute Gasteiger partial charge is 0.339 e. The van der Waals surface area contributed by atoms with E-state index >= 15 is 0 Å². The summed E-state index contributed by atoms with van der Waals surface area (Å²) in [6.45, 7) is 3.89. The minimum absolute atomic E-state index is 0.580. The Morgan fingerprint density at radius 2 is 2.05 bits per heavy atom. The van der Waals surface area contributed by atoms with E-state index in [-0.39, 0.29) is 0 Å². The van der Waals surface area contributed by atoms with Gasteiger partial charge in [-0.3, -0.25) is 0 Å². The molecule has 102 valence electrons. The number of hydrazine groups is 1. The van der Waals surface area contributed by atoms with Gasteiger partial charge in [-0.05, 0) is 25.0 Å². The van der Waals surface area contributed by atoms with Crippen molar-refractivity contribution in [2.75, 3.05) is 10.7 Å². The highest BCUT2D eigenvalue weighted by Gasteiger charge is 2.11. The molecule has 0 unspecified atom stereocenters. The minimum Gasteiger partial charge on any atom is -0.339 e. The first kappa shape index (κ1) is 13.8. The van der Waals surface area contributed by atoms with E-state index < -0.39 is 0 Å². The molecule has 0 radical (unpaired) electrons. The van der Waals surface area contributed by atoms with E-state index in [1.54, 1.807) is 0 Å². The van der Waals surface area contributed by atoms with E-state index in [9.17, 15) is 5.26 Å². The number of aromatic nitrogens is 2. The van der Waals surface area contributed by atoms with Crippen LogP contribution in [0, 0.1) is 18.3 Å². The lowest BCUT2D eigenvalue weighted by molar-refractivity contribution is 1.04. The lowest BCUT2D eigenvalue weighted by Gasteiger charge is -2.14. The summed E-state index contributed by atoms with van der Waals surface area (Å²) < 4.78 is 0. The van der Waals surface area contributed by atoms with Gasteiger partial charge < -0.3 is 10.7 Å². The number of nitriles is 1. The maximum atomic E-state index is 9.25. The Kier molecular flexibility index (Phi) is 4.13.